The number of benzene rings is 1. The van der Waals surface area contributed by atoms with Crippen molar-refractivity contribution in [2.75, 3.05) is 31.1 Å². The summed E-state index contributed by atoms with van der Waals surface area (Å²) < 4.78 is 0. The van der Waals surface area contributed by atoms with Crippen molar-refractivity contribution in [1.29, 1.82) is 0 Å². The zero-order valence-corrected chi connectivity index (χ0v) is 13.5. The summed E-state index contributed by atoms with van der Waals surface area (Å²) in [6, 6.07) is 8.48. The maximum atomic E-state index is 10.8. The first-order valence-electron chi connectivity index (χ1n) is 8.04. The van der Waals surface area contributed by atoms with Crippen LogP contribution < -0.4 is 10.6 Å². The number of para-hydroxylation sites is 1. The highest BCUT2D eigenvalue weighted by molar-refractivity contribution is 5.67. The fourth-order valence-corrected chi connectivity index (χ4v) is 3.00. The Labute approximate surface area is 132 Å². The maximum absolute atomic E-state index is 10.8. The van der Waals surface area contributed by atoms with Gasteiger partial charge in [-0.1, -0.05) is 18.2 Å². The van der Waals surface area contributed by atoms with Gasteiger partial charge in [0.05, 0.1) is 0 Å². The Morgan fingerprint density at radius 3 is 2.45 bits per heavy atom. The molecule has 0 spiro atoms. The van der Waals surface area contributed by atoms with Gasteiger partial charge in [0.1, 0.15) is 0 Å². The Bertz CT molecular complexity index is 496. The minimum Gasteiger partial charge on any atom is -0.481 e. The summed E-state index contributed by atoms with van der Waals surface area (Å²) in [5.74, 6) is -0.793. The summed E-state index contributed by atoms with van der Waals surface area (Å²) in [5, 5.41) is 8.84. The number of piperazine rings is 1. The molecule has 1 aliphatic rings. The third-order valence-electron chi connectivity index (χ3n) is 4.39. The average Bonchev–Trinajstić information content (AvgIpc) is 2.52. The topological polar surface area (TPSA) is 69.8 Å². The van der Waals surface area contributed by atoms with E-state index < -0.39 is 5.97 Å². The van der Waals surface area contributed by atoms with Gasteiger partial charge in [-0.2, -0.15) is 0 Å². The largest absolute Gasteiger partial charge is 0.481 e. The molecule has 1 aliphatic heterocycles. The smallest absolute Gasteiger partial charge is 0.303 e. The SMILES string of the molecule is CC(C)N1CCN(c2ccccc2C(N)CCC(=O)O)CC1. The number of hydrogen-bond acceptors (Lipinski definition) is 4. The Kier molecular flexibility index (Phi) is 5.80. The van der Waals surface area contributed by atoms with E-state index in [-0.39, 0.29) is 12.5 Å². The van der Waals surface area contributed by atoms with Gasteiger partial charge < -0.3 is 15.7 Å². The van der Waals surface area contributed by atoms with E-state index in [1.807, 2.05) is 18.2 Å². The predicted molar refractivity (Wildman–Crippen MR) is 89.2 cm³/mol. The van der Waals surface area contributed by atoms with Gasteiger partial charge in [0.25, 0.3) is 0 Å². The van der Waals surface area contributed by atoms with E-state index in [4.69, 9.17) is 10.8 Å². The van der Waals surface area contributed by atoms with Crippen LogP contribution in [-0.2, 0) is 4.79 Å². The van der Waals surface area contributed by atoms with Crippen molar-refractivity contribution in [3.63, 3.8) is 0 Å². The van der Waals surface area contributed by atoms with Gasteiger partial charge in [0.15, 0.2) is 0 Å². The van der Waals surface area contributed by atoms with Crippen LogP contribution in [-0.4, -0.2) is 48.2 Å². The predicted octanol–water partition coefficient (Wildman–Crippen LogP) is 2.08. The number of anilines is 1. The van der Waals surface area contributed by atoms with Crippen LogP contribution in [0.3, 0.4) is 0 Å². The van der Waals surface area contributed by atoms with Crippen LogP contribution in [0.25, 0.3) is 0 Å². The molecule has 0 aliphatic carbocycles. The van der Waals surface area contributed by atoms with Crippen molar-refractivity contribution in [3.8, 4) is 0 Å². The molecule has 1 fully saturated rings. The van der Waals surface area contributed by atoms with E-state index in [1.54, 1.807) is 0 Å². The third-order valence-corrected chi connectivity index (χ3v) is 4.39. The average molecular weight is 305 g/mol. The van der Waals surface area contributed by atoms with Crippen molar-refractivity contribution in [2.45, 2.75) is 38.8 Å². The highest BCUT2D eigenvalue weighted by atomic mass is 16.4. The van der Waals surface area contributed by atoms with Gasteiger partial charge in [-0.3, -0.25) is 9.69 Å². The standard InChI is InChI=1S/C17H27N3O2/c1-13(2)19-9-11-20(12-10-19)16-6-4-3-5-14(16)15(18)7-8-17(21)22/h3-6,13,15H,7-12,18H2,1-2H3,(H,21,22). The van der Waals surface area contributed by atoms with Gasteiger partial charge in [-0.05, 0) is 31.9 Å². The molecular formula is C17H27N3O2. The summed E-state index contributed by atoms with van der Waals surface area (Å²) in [4.78, 5) is 15.6. The van der Waals surface area contributed by atoms with Gasteiger partial charge in [-0.15, -0.1) is 0 Å². The van der Waals surface area contributed by atoms with E-state index in [1.165, 1.54) is 0 Å². The molecule has 1 aromatic rings. The van der Waals surface area contributed by atoms with E-state index in [9.17, 15) is 4.79 Å². The minimum absolute atomic E-state index is 0.108. The normalized spacial score (nSPS) is 17.7. The number of rotatable bonds is 6. The molecule has 0 radical (unpaired) electrons. The molecule has 1 atom stereocenters. The number of nitrogens with zero attached hydrogens (tertiary/aromatic N) is 2. The van der Waals surface area contributed by atoms with Crippen molar-refractivity contribution in [1.82, 2.24) is 4.90 Å². The maximum Gasteiger partial charge on any atom is 0.303 e. The number of carboxylic acids is 1. The molecule has 0 aromatic heterocycles. The van der Waals surface area contributed by atoms with Crippen LogP contribution in [0.4, 0.5) is 5.69 Å². The zero-order valence-electron chi connectivity index (χ0n) is 13.5. The molecular weight excluding hydrogens is 278 g/mol. The highest BCUT2D eigenvalue weighted by Crippen LogP contribution is 2.28. The molecule has 0 amide bonds. The van der Waals surface area contributed by atoms with Gasteiger partial charge >= 0.3 is 5.97 Å². The van der Waals surface area contributed by atoms with Gasteiger partial charge in [-0.25, -0.2) is 0 Å². The summed E-state index contributed by atoms with van der Waals surface area (Å²) in [7, 11) is 0. The number of aliphatic carboxylic acids is 1. The number of carbonyl (C=O) groups is 1. The molecule has 5 nitrogen and oxygen atoms in total. The second-order valence-electron chi connectivity index (χ2n) is 6.21. The first kappa shape index (κ1) is 16.8. The molecule has 1 saturated heterocycles. The summed E-state index contributed by atoms with van der Waals surface area (Å²) >= 11 is 0. The fourth-order valence-electron chi connectivity index (χ4n) is 3.00. The van der Waals surface area contributed by atoms with E-state index in [0.717, 1.165) is 37.4 Å². The molecule has 1 heterocycles. The molecule has 0 bridgehead atoms. The first-order valence-corrected chi connectivity index (χ1v) is 8.04. The molecule has 122 valence electrons. The zero-order chi connectivity index (χ0) is 16.1. The lowest BCUT2D eigenvalue weighted by atomic mass is 10.00. The molecule has 3 N–H and O–H groups in total. The highest BCUT2D eigenvalue weighted by Gasteiger charge is 2.22. The van der Waals surface area contributed by atoms with Gasteiger partial charge in [0, 0.05) is 50.4 Å². The second-order valence-corrected chi connectivity index (χ2v) is 6.21. The number of nitrogens with two attached hydrogens (primary N) is 1. The van der Waals surface area contributed by atoms with Crippen LogP contribution >= 0.6 is 0 Å². The third kappa shape index (κ3) is 4.21. The van der Waals surface area contributed by atoms with Crippen LogP contribution in [0.5, 0.6) is 0 Å². The van der Waals surface area contributed by atoms with Gasteiger partial charge in [0.2, 0.25) is 0 Å². The van der Waals surface area contributed by atoms with Crippen LogP contribution in [0.15, 0.2) is 24.3 Å². The lowest BCUT2D eigenvalue weighted by molar-refractivity contribution is -0.137. The monoisotopic (exact) mass is 305 g/mol. The fraction of sp³-hybridized carbons (Fsp3) is 0.588. The quantitative estimate of drug-likeness (QED) is 0.842. The molecule has 22 heavy (non-hydrogen) atoms. The van der Waals surface area contributed by atoms with E-state index >= 15 is 0 Å². The van der Waals surface area contributed by atoms with Crippen molar-refractivity contribution >= 4 is 11.7 Å². The minimum atomic E-state index is -0.793. The molecule has 1 aromatic carbocycles. The molecule has 0 saturated carbocycles. The summed E-state index contributed by atoms with van der Waals surface area (Å²) in [5.41, 5.74) is 8.44. The lowest BCUT2D eigenvalue weighted by Gasteiger charge is -2.39. The van der Waals surface area contributed by atoms with E-state index in [0.29, 0.717) is 12.5 Å². The van der Waals surface area contributed by atoms with Crippen molar-refractivity contribution in [3.05, 3.63) is 29.8 Å². The van der Waals surface area contributed by atoms with Crippen LogP contribution in [0.2, 0.25) is 0 Å². The Balaban J connectivity index is 2.07. The Hall–Kier alpha value is -1.59. The Morgan fingerprint density at radius 2 is 1.86 bits per heavy atom. The summed E-state index contributed by atoms with van der Waals surface area (Å²) in [6.45, 7) is 8.53. The van der Waals surface area contributed by atoms with Crippen LogP contribution in [0, 0.1) is 0 Å². The number of carboxylic acid groups (broad SMARTS) is 1. The molecule has 5 heteroatoms. The van der Waals surface area contributed by atoms with Crippen LogP contribution in [0.1, 0.15) is 38.3 Å². The van der Waals surface area contributed by atoms with E-state index in [2.05, 4.69) is 29.7 Å². The summed E-state index contributed by atoms with van der Waals surface area (Å²) in [6.07, 6.45) is 0.578. The first-order chi connectivity index (χ1) is 10.5. The lowest BCUT2D eigenvalue weighted by Crippen LogP contribution is -2.49. The second kappa shape index (κ2) is 7.61. The molecule has 1 unspecified atom stereocenters. The number of hydrogen-bond donors (Lipinski definition) is 2. The van der Waals surface area contributed by atoms with Crippen molar-refractivity contribution < 1.29 is 9.90 Å². The molecule has 2 rings (SSSR count). The van der Waals surface area contributed by atoms with Crippen molar-refractivity contribution in [2.24, 2.45) is 5.73 Å². The Morgan fingerprint density at radius 1 is 1.23 bits per heavy atom.